The molecular formula is C8H6F3LiO2. The summed E-state index contributed by atoms with van der Waals surface area (Å²) >= 11 is 0. The van der Waals surface area contributed by atoms with Gasteiger partial charge in [0.05, 0.1) is 0 Å². The standard InChI is InChI=1S/C8H7F3O2.Li/c9-8(10,11)7(13)6-4-1-3(4)2-5(6)12;/h3-4,13H,1-2H2;/q;+1/p-1. The Hall–Kier alpha value is -0.403. The third-order valence-corrected chi connectivity index (χ3v) is 2.54. The van der Waals surface area contributed by atoms with E-state index in [4.69, 9.17) is 0 Å². The molecule has 0 spiro atoms. The molecule has 0 bridgehead atoms. The van der Waals surface area contributed by atoms with Gasteiger partial charge in [-0.3, -0.25) is 4.79 Å². The monoisotopic (exact) mass is 198 g/mol. The summed E-state index contributed by atoms with van der Waals surface area (Å²) in [6.07, 6.45) is -4.19. The molecule has 2 aliphatic rings. The third kappa shape index (κ3) is 1.71. The predicted octanol–water partition coefficient (Wildman–Crippen LogP) is -2.22. The van der Waals surface area contributed by atoms with Gasteiger partial charge >= 0.3 is 25.0 Å². The molecule has 0 radical (unpaired) electrons. The first-order valence-electron chi connectivity index (χ1n) is 3.93. The number of allylic oxidation sites excluding steroid dienone is 2. The molecule has 0 amide bonds. The number of hydrogen-bond donors (Lipinski definition) is 0. The molecular weight excluding hydrogens is 192 g/mol. The summed E-state index contributed by atoms with van der Waals surface area (Å²) in [7, 11) is 0. The first-order valence-corrected chi connectivity index (χ1v) is 3.93. The summed E-state index contributed by atoms with van der Waals surface area (Å²) in [5, 5.41) is 10.7. The Morgan fingerprint density at radius 3 is 2.36 bits per heavy atom. The number of hydrogen-bond acceptors (Lipinski definition) is 2. The number of alkyl halides is 3. The minimum absolute atomic E-state index is 0. The zero-order valence-corrected chi connectivity index (χ0v) is 7.52. The molecule has 2 saturated carbocycles. The maximum absolute atomic E-state index is 11.9. The summed E-state index contributed by atoms with van der Waals surface area (Å²) in [5.41, 5.74) is -0.502. The van der Waals surface area contributed by atoms with Crippen molar-refractivity contribution in [2.45, 2.75) is 19.0 Å². The molecule has 0 aromatic rings. The molecule has 2 nitrogen and oxygen atoms in total. The van der Waals surface area contributed by atoms with Crippen molar-refractivity contribution in [1.29, 1.82) is 0 Å². The molecule has 72 valence electrons. The molecule has 2 unspecified atom stereocenters. The summed E-state index contributed by atoms with van der Waals surface area (Å²) in [6, 6.07) is 0. The van der Waals surface area contributed by atoms with Crippen LogP contribution in [0.25, 0.3) is 0 Å². The molecule has 14 heavy (non-hydrogen) atoms. The van der Waals surface area contributed by atoms with Gasteiger partial charge in [0.1, 0.15) is 0 Å². The Kier molecular flexibility index (Phi) is 2.77. The topological polar surface area (TPSA) is 40.1 Å². The maximum atomic E-state index is 11.9. The van der Waals surface area contributed by atoms with Crippen LogP contribution in [0.5, 0.6) is 0 Å². The van der Waals surface area contributed by atoms with E-state index in [1.54, 1.807) is 0 Å². The van der Waals surface area contributed by atoms with E-state index < -0.39 is 23.3 Å². The van der Waals surface area contributed by atoms with Gasteiger partial charge in [-0.15, -0.1) is 0 Å². The first kappa shape index (κ1) is 11.7. The molecule has 2 fully saturated rings. The van der Waals surface area contributed by atoms with Gasteiger partial charge < -0.3 is 5.11 Å². The van der Waals surface area contributed by atoms with Gasteiger partial charge in [0.15, 0.2) is 5.78 Å². The number of halogens is 3. The van der Waals surface area contributed by atoms with Gasteiger partial charge in [-0.2, -0.15) is 13.2 Å². The van der Waals surface area contributed by atoms with Crippen molar-refractivity contribution in [3.8, 4) is 0 Å². The fourth-order valence-corrected chi connectivity index (χ4v) is 1.83. The van der Waals surface area contributed by atoms with E-state index in [0.29, 0.717) is 6.42 Å². The molecule has 0 N–H and O–H groups in total. The fourth-order valence-electron chi connectivity index (χ4n) is 1.83. The average molecular weight is 198 g/mol. The number of fused-ring (bicyclic) bond motifs is 1. The van der Waals surface area contributed by atoms with Crippen LogP contribution in [0.15, 0.2) is 11.3 Å². The van der Waals surface area contributed by atoms with E-state index >= 15 is 0 Å². The Morgan fingerprint density at radius 2 is 2.00 bits per heavy atom. The van der Waals surface area contributed by atoms with Crippen LogP contribution in [-0.2, 0) is 4.79 Å². The predicted molar refractivity (Wildman–Crippen MR) is 34.3 cm³/mol. The van der Waals surface area contributed by atoms with Crippen molar-refractivity contribution in [2.24, 2.45) is 11.8 Å². The summed E-state index contributed by atoms with van der Waals surface area (Å²) in [5.74, 6) is -2.90. The Labute approximate surface area is 90.3 Å². The number of Topliss-reactive ketones (excluding diaryl/α,β-unsaturated/α-hetero) is 1. The van der Waals surface area contributed by atoms with Crippen LogP contribution in [0.3, 0.4) is 0 Å². The first-order chi connectivity index (χ1) is 5.91. The molecule has 6 heteroatoms. The van der Waals surface area contributed by atoms with Crippen LogP contribution in [-0.4, -0.2) is 12.0 Å². The van der Waals surface area contributed by atoms with E-state index in [9.17, 15) is 23.1 Å². The minimum Gasteiger partial charge on any atom is -0.869 e. The fraction of sp³-hybridized carbons (Fsp3) is 0.625. The van der Waals surface area contributed by atoms with E-state index in [0.717, 1.165) is 0 Å². The van der Waals surface area contributed by atoms with E-state index in [-0.39, 0.29) is 37.1 Å². The van der Waals surface area contributed by atoms with Crippen LogP contribution in [0, 0.1) is 11.8 Å². The molecule has 2 aliphatic carbocycles. The molecule has 0 saturated heterocycles. The van der Waals surface area contributed by atoms with Gasteiger partial charge in [-0.25, -0.2) is 0 Å². The van der Waals surface area contributed by atoms with Gasteiger partial charge in [0.25, 0.3) is 0 Å². The van der Waals surface area contributed by atoms with E-state index in [1.807, 2.05) is 0 Å². The van der Waals surface area contributed by atoms with Crippen molar-refractivity contribution in [2.75, 3.05) is 0 Å². The van der Waals surface area contributed by atoms with Crippen molar-refractivity contribution in [3.05, 3.63) is 11.3 Å². The number of carbonyl (C=O) groups excluding carboxylic acids is 1. The van der Waals surface area contributed by atoms with Crippen LogP contribution >= 0.6 is 0 Å². The largest absolute Gasteiger partial charge is 1.00 e. The van der Waals surface area contributed by atoms with Gasteiger partial charge in [-0.05, 0) is 29.6 Å². The number of ketones is 1. The smallest absolute Gasteiger partial charge is 0.869 e. The zero-order chi connectivity index (χ0) is 9.80. The number of carbonyl (C=O) groups is 1. The second-order valence-electron chi connectivity index (χ2n) is 3.47. The normalized spacial score (nSPS) is 33.5. The molecule has 0 aromatic carbocycles. The van der Waals surface area contributed by atoms with E-state index in [1.165, 1.54) is 0 Å². The summed E-state index contributed by atoms with van der Waals surface area (Å²) in [4.78, 5) is 10.9. The Balaban J connectivity index is 0.000000980. The van der Waals surface area contributed by atoms with Crippen LogP contribution in [0.4, 0.5) is 13.2 Å². The van der Waals surface area contributed by atoms with Crippen molar-refractivity contribution in [1.82, 2.24) is 0 Å². The Morgan fingerprint density at radius 1 is 1.43 bits per heavy atom. The molecule has 0 aliphatic heterocycles. The third-order valence-electron chi connectivity index (χ3n) is 2.54. The van der Waals surface area contributed by atoms with Crippen molar-refractivity contribution in [3.63, 3.8) is 0 Å². The SMILES string of the molecule is O=C1CC2CC2C1=C([O-])C(F)(F)F.[Li+]. The summed E-state index contributed by atoms with van der Waals surface area (Å²) < 4.78 is 35.8. The van der Waals surface area contributed by atoms with Crippen LogP contribution < -0.4 is 24.0 Å². The minimum atomic E-state index is -4.89. The zero-order valence-electron chi connectivity index (χ0n) is 7.52. The quantitative estimate of drug-likeness (QED) is 0.251. The summed E-state index contributed by atoms with van der Waals surface area (Å²) in [6.45, 7) is 0. The second-order valence-corrected chi connectivity index (χ2v) is 3.47. The van der Waals surface area contributed by atoms with Gasteiger partial charge in [0, 0.05) is 6.42 Å². The van der Waals surface area contributed by atoms with Gasteiger partial charge in [0.2, 0.25) is 0 Å². The van der Waals surface area contributed by atoms with Crippen molar-refractivity contribution >= 4 is 5.78 Å². The Bertz CT molecular complexity index is 308. The maximum Gasteiger partial charge on any atom is 1.00 e. The van der Waals surface area contributed by atoms with Crippen molar-refractivity contribution < 1.29 is 41.9 Å². The number of rotatable bonds is 0. The van der Waals surface area contributed by atoms with Crippen LogP contribution in [0.2, 0.25) is 0 Å². The molecule has 0 aromatic heterocycles. The second kappa shape index (κ2) is 3.32. The van der Waals surface area contributed by atoms with E-state index in [2.05, 4.69) is 0 Å². The molecule has 2 rings (SSSR count). The molecule has 0 heterocycles. The van der Waals surface area contributed by atoms with Gasteiger partial charge in [-0.1, -0.05) is 0 Å². The average Bonchev–Trinajstić information content (AvgIpc) is 2.61. The molecule has 2 atom stereocenters. The van der Waals surface area contributed by atoms with Crippen LogP contribution in [0.1, 0.15) is 12.8 Å².